The molecule has 0 spiro atoms. The average molecular weight is 304 g/mol. The summed E-state index contributed by atoms with van der Waals surface area (Å²) in [5.41, 5.74) is 5.25. The van der Waals surface area contributed by atoms with Gasteiger partial charge in [0.1, 0.15) is 0 Å². The monoisotopic (exact) mass is 304 g/mol. The lowest BCUT2D eigenvalue weighted by molar-refractivity contribution is 0.641. The molecule has 0 heterocycles. The van der Waals surface area contributed by atoms with Gasteiger partial charge in [0.25, 0.3) is 0 Å². The third kappa shape index (κ3) is 4.45. The summed E-state index contributed by atoms with van der Waals surface area (Å²) in [6, 6.07) is 17.8. The minimum Gasteiger partial charge on any atom is -0.0842 e. The van der Waals surface area contributed by atoms with E-state index in [4.69, 9.17) is 0 Å². The zero-order valence-corrected chi connectivity index (χ0v) is 14.8. The van der Waals surface area contributed by atoms with Crippen molar-refractivity contribution in [2.75, 3.05) is 0 Å². The summed E-state index contributed by atoms with van der Waals surface area (Å²) in [4.78, 5) is 0. The molecular formula is C23H28. The van der Waals surface area contributed by atoms with Crippen molar-refractivity contribution in [1.29, 1.82) is 0 Å². The molecule has 0 nitrogen and oxygen atoms in total. The second-order valence-corrected chi connectivity index (χ2v) is 6.49. The molecule has 0 aliphatic rings. The van der Waals surface area contributed by atoms with Crippen molar-refractivity contribution < 1.29 is 0 Å². The van der Waals surface area contributed by atoms with Crippen LogP contribution in [-0.4, -0.2) is 0 Å². The minimum absolute atomic E-state index is 0.0139. The zero-order valence-electron chi connectivity index (χ0n) is 14.8. The molecule has 2 aromatic carbocycles. The van der Waals surface area contributed by atoms with Crippen LogP contribution in [0.3, 0.4) is 0 Å². The summed E-state index contributed by atoms with van der Waals surface area (Å²) >= 11 is 0. The smallest absolute Gasteiger partial charge is 0.0146 e. The predicted octanol–water partition coefficient (Wildman–Crippen LogP) is 6.86. The molecule has 0 atom stereocenters. The van der Waals surface area contributed by atoms with Crippen molar-refractivity contribution in [2.24, 2.45) is 0 Å². The highest BCUT2D eigenvalue weighted by molar-refractivity contribution is 5.53. The fraction of sp³-hybridized carbons (Fsp3) is 0.304. The van der Waals surface area contributed by atoms with Gasteiger partial charge in [0.2, 0.25) is 0 Å². The van der Waals surface area contributed by atoms with Gasteiger partial charge in [-0.3, -0.25) is 0 Å². The SMILES string of the molecule is CCC=Cc1ccc(C(C)(C)c2ccc(C=CCC)cc2)cc1. The van der Waals surface area contributed by atoms with E-state index in [0.29, 0.717) is 0 Å². The molecule has 23 heavy (non-hydrogen) atoms. The molecule has 0 unspecified atom stereocenters. The van der Waals surface area contributed by atoms with Gasteiger partial charge in [-0.05, 0) is 35.1 Å². The molecule has 0 aliphatic carbocycles. The van der Waals surface area contributed by atoms with Gasteiger partial charge in [0.15, 0.2) is 0 Å². The Bertz CT molecular complexity index is 593. The maximum Gasteiger partial charge on any atom is 0.0146 e. The Morgan fingerprint density at radius 1 is 0.652 bits per heavy atom. The highest BCUT2D eigenvalue weighted by Crippen LogP contribution is 2.32. The van der Waals surface area contributed by atoms with Crippen LogP contribution in [0.1, 0.15) is 62.8 Å². The summed E-state index contributed by atoms with van der Waals surface area (Å²) in [5.74, 6) is 0. The van der Waals surface area contributed by atoms with Gasteiger partial charge in [-0.15, -0.1) is 0 Å². The molecule has 0 fully saturated rings. The van der Waals surface area contributed by atoms with Crippen LogP contribution in [0.5, 0.6) is 0 Å². The molecule has 0 aliphatic heterocycles. The number of benzene rings is 2. The largest absolute Gasteiger partial charge is 0.0842 e. The third-order valence-corrected chi connectivity index (χ3v) is 4.36. The van der Waals surface area contributed by atoms with Crippen LogP contribution in [0.25, 0.3) is 12.2 Å². The standard InChI is InChI=1S/C23H28/c1-5-7-9-19-11-15-21(16-12-19)23(3,4)22-17-13-20(14-18-22)10-8-6-2/h7-18H,5-6H2,1-4H3. The molecule has 0 bridgehead atoms. The predicted molar refractivity (Wildman–Crippen MR) is 104 cm³/mol. The maximum absolute atomic E-state index is 2.29. The lowest BCUT2D eigenvalue weighted by atomic mass is 9.78. The van der Waals surface area contributed by atoms with Crippen molar-refractivity contribution in [1.82, 2.24) is 0 Å². The summed E-state index contributed by atoms with van der Waals surface area (Å²) in [5, 5.41) is 0. The summed E-state index contributed by atoms with van der Waals surface area (Å²) < 4.78 is 0. The van der Waals surface area contributed by atoms with Crippen molar-refractivity contribution in [3.63, 3.8) is 0 Å². The molecule has 2 aromatic rings. The van der Waals surface area contributed by atoms with Crippen LogP contribution in [0.2, 0.25) is 0 Å². The Kier molecular flexibility index (Phi) is 5.98. The molecule has 0 heteroatoms. The summed E-state index contributed by atoms with van der Waals surface area (Å²) in [7, 11) is 0. The first-order chi connectivity index (χ1) is 11.1. The van der Waals surface area contributed by atoms with E-state index in [2.05, 4.69) is 101 Å². The Morgan fingerprint density at radius 2 is 1.00 bits per heavy atom. The van der Waals surface area contributed by atoms with Gasteiger partial charge in [-0.1, -0.05) is 101 Å². The van der Waals surface area contributed by atoms with Crippen molar-refractivity contribution in [2.45, 2.75) is 46.0 Å². The number of rotatable bonds is 6. The van der Waals surface area contributed by atoms with E-state index in [1.54, 1.807) is 0 Å². The first-order valence-electron chi connectivity index (χ1n) is 8.62. The zero-order chi connectivity index (χ0) is 16.7. The minimum atomic E-state index is 0.0139. The van der Waals surface area contributed by atoms with E-state index in [0.717, 1.165) is 12.8 Å². The second-order valence-electron chi connectivity index (χ2n) is 6.49. The van der Waals surface area contributed by atoms with Crippen LogP contribution in [0, 0.1) is 0 Å². The number of hydrogen-bond donors (Lipinski definition) is 0. The molecule has 2 rings (SSSR count). The highest BCUT2D eigenvalue weighted by Gasteiger charge is 2.22. The van der Waals surface area contributed by atoms with E-state index < -0.39 is 0 Å². The molecule has 0 radical (unpaired) electrons. The molecule has 0 saturated heterocycles. The van der Waals surface area contributed by atoms with E-state index in [9.17, 15) is 0 Å². The van der Waals surface area contributed by atoms with Crippen molar-refractivity contribution in [3.05, 3.63) is 82.9 Å². The lowest BCUT2D eigenvalue weighted by Crippen LogP contribution is -2.18. The van der Waals surface area contributed by atoms with Crippen LogP contribution < -0.4 is 0 Å². The fourth-order valence-electron chi connectivity index (χ4n) is 2.70. The Labute approximate surface area is 141 Å². The normalized spacial score (nSPS) is 12.3. The molecule has 0 amide bonds. The molecule has 0 saturated carbocycles. The van der Waals surface area contributed by atoms with Gasteiger partial charge in [-0.25, -0.2) is 0 Å². The van der Waals surface area contributed by atoms with Gasteiger partial charge >= 0.3 is 0 Å². The quantitative estimate of drug-likeness (QED) is 0.547. The van der Waals surface area contributed by atoms with Gasteiger partial charge in [0, 0.05) is 5.41 Å². The van der Waals surface area contributed by atoms with Crippen LogP contribution >= 0.6 is 0 Å². The topological polar surface area (TPSA) is 0 Å². The van der Waals surface area contributed by atoms with E-state index in [1.807, 2.05) is 0 Å². The highest BCUT2D eigenvalue weighted by atomic mass is 14.3. The van der Waals surface area contributed by atoms with E-state index in [-0.39, 0.29) is 5.41 Å². The molecule has 120 valence electrons. The number of allylic oxidation sites excluding steroid dienone is 2. The third-order valence-electron chi connectivity index (χ3n) is 4.36. The van der Waals surface area contributed by atoms with Crippen molar-refractivity contribution in [3.8, 4) is 0 Å². The summed E-state index contributed by atoms with van der Waals surface area (Å²) in [6.07, 6.45) is 10.9. The van der Waals surface area contributed by atoms with E-state index >= 15 is 0 Å². The van der Waals surface area contributed by atoms with Gasteiger partial charge in [-0.2, -0.15) is 0 Å². The Hall–Kier alpha value is -2.08. The first-order valence-corrected chi connectivity index (χ1v) is 8.62. The van der Waals surface area contributed by atoms with Crippen LogP contribution in [0.15, 0.2) is 60.7 Å². The van der Waals surface area contributed by atoms with E-state index in [1.165, 1.54) is 22.3 Å². The number of hydrogen-bond acceptors (Lipinski definition) is 0. The van der Waals surface area contributed by atoms with Gasteiger partial charge < -0.3 is 0 Å². The first kappa shape index (κ1) is 17.3. The molecule has 0 aromatic heterocycles. The average Bonchev–Trinajstić information content (AvgIpc) is 2.59. The molecule has 0 N–H and O–H groups in total. The van der Waals surface area contributed by atoms with Crippen LogP contribution in [0.4, 0.5) is 0 Å². The van der Waals surface area contributed by atoms with Gasteiger partial charge in [0.05, 0.1) is 0 Å². The fourth-order valence-corrected chi connectivity index (χ4v) is 2.70. The Morgan fingerprint density at radius 3 is 1.30 bits per heavy atom. The van der Waals surface area contributed by atoms with Crippen molar-refractivity contribution >= 4 is 12.2 Å². The van der Waals surface area contributed by atoms with Crippen LogP contribution in [-0.2, 0) is 5.41 Å². The molecular weight excluding hydrogens is 276 g/mol. The maximum atomic E-state index is 2.29. The lowest BCUT2D eigenvalue weighted by Gasteiger charge is -2.26. The summed E-state index contributed by atoms with van der Waals surface area (Å²) in [6.45, 7) is 8.90. The Balaban J connectivity index is 2.23. The second kappa shape index (κ2) is 7.97.